The van der Waals surface area contributed by atoms with E-state index in [0.29, 0.717) is 17.9 Å². The van der Waals surface area contributed by atoms with Gasteiger partial charge in [0.25, 0.3) is 5.91 Å². The number of pyridine rings is 1. The highest BCUT2D eigenvalue weighted by molar-refractivity contribution is 6.08. The minimum absolute atomic E-state index is 0.223. The van der Waals surface area contributed by atoms with E-state index in [2.05, 4.69) is 10.3 Å². The van der Waals surface area contributed by atoms with E-state index in [1.165, 1.54) is 0 Å². The number of aryl methyl sites for hydroxylation is 1. The summed E-state index contributed by atoms with van der Waals surface area (Å²) in [5.74, 6) is 0.751. The molecule has 3 rings (SSSR count). The van der Waals surface area contributed by atoms with Crippen molar-refractivity contribution in [3.8, 4) is 5.75 Å². The lowest BCUT2D eigenvalue weighted by Crippen LogP contribution is -2.16. The number of nitrogen functional groups attached to an aromatic ring is 1. The molecule has 0 fully saturated rings. The molecule has 0 saturated heterocycles. The van der Waals surface area contributed by atoms with Gasteiger partial charge < -0.3 is 15.8 Å². The predicted molar refractivity (Wildman–Crippen MR) is 98.6 cm³/mol. The zero-order valence-electron chi connectivity index (χ0n) is 13.9. The molecule has 25 heavy (non-hydrogen) atoms. The molecule has 0 aliphatic heterocycles. The number of hydrogen-bond acceptors (Lipinski definition) is 4. The van der Waals surface area contributed by atoms with E-state index in [9.17, 15) is 4.79 Å². The molecule has 0 aliphatic carbocycles. The van der Waals surface area contributed by atoms with Gasteiger partial charge in [0.05, 0.1) is 5.56 Å². The first-order valence-corrected chi connectivity index (χ1v) is 7.93. The molecule has 5 nitrogen and oxygen atoms in total. The van der Waals surface area contributed by atoms with Gasteiger partial charge >= 0.3 is 0 Å². The molecule has 0 aliphatic rings. The molecule has 0 saturated carbocycles. The largest absolute Gasteiger partial charge is 0.489 e. The second kappa shape index (κ2) is 7.49. The summed E-state index contributed by atoms with van der Waals surface area (Å²) in [7, 11) is 0. The molecule has 1 aromatic heterocycles. The molecule has 0 atom stereocenters. The number of rotatable bonds is 5. The molecule has 126 valence electrons. The van der Waals surface area contributed by atoms with Crippen LogP contribution in [-0.4, -0.2) is 10.9 Å². The van der Waals surface area contributed by atoms with E-state index >= 15 is 0 Å². The topological polar surface area (TPSA) is 77.2 Å². The van der Waals surface area contributed by atoms with E-state index in [1.807, 2.05) is 61.5 Å². The number of anilines is 2. The molecular formula is C20H19N3O2. The minimum Gasteiger partial charge on any atom is -0.489 e. The summed E-state index contributed by atoms with van der Waals surface area (Å²) in [4.78, 5) is 16.5. The van der Waals surface area contributed by atoms with Gasteiger partial charge in [-0.2, -0.15) is 0 Å². The number of nitrogens with one attached hydrogen (secondary N) is 1. The van der Waals surface area contributed by atoms with Crippen LogP contribution < -0.4 is 15.8 Å². The lowest BCUT2D eigenvalue weighted by Gasteiger charge is -2.11. The number of benzene rings is 2. The fourth-order valence-electron chi connectivity index (χ4n) is 2.49. The molecule has 0 spiro atoms. The van der Waals surface area contributed by atoms with Crippen LogP contribution in [0.15, 0.2) is 66.9 Å². The first kappa shape index (κ1) is 16.5. The number of nitrogens with two attached hydrogens (primary N) is 1. The zero-order chi connectivity index (χ0) is 17.6. The van der Waals surface area contributed by atoms with E-state index in [1.54, 1.807) is 12.3 Å². The zero-order valence-corrected chi connectivity index (χ0v) is 13.9. The SMILES string of the molecule is Cc1ccnc(N)c1C(=O)Nc1cccc(COc2ccccc2)c1. The number of ether oxygens (including phenoxy) is 1. The van der Waals surface area contributed by atoms with Crippen LogP contribution in [0, 0.1) is 6.92 Å². The van der Waals surface area contributed by atoms with Crippen molar-refractivity contribution in [2.45, 2.75) is 13.5 Å². The third-order valence-electron chi connectivity index (χ3n) is 3.75. The number of aromatic nitrogens is 1. The predicted octanol–water partition coefficient (Wildman–Crippen LogP) is 3.80. The smallest absolute Gasteiger partial charge is 0.259 e. The molecule has 5 heteroatoms. The van der Waals surface area contributed by atoms with Crippen LogP contribution >= 0.6 is 0 Å². The van der Waals surface area contributed by atoms with E-state index < -0.39 is 0 Å². The Balaban J connectivity index is 1.70. The number of carbonyl (C=O) groups is 1. The van der Waals surface area contributed by atoms with E-state index in [0.717, 1.165) is 16.9 Å². The van der Waals surface area contributed by atoms with Gasteiger partial charge in [0.1, 0.15) is 18.2 Å². The number of carbonyl (C=O) groups excluding carboxylic acids is 1. The third-order valence-corrected chi connectivity index (χ3v) is 3.75. The standard InChI is InChI=1S/C20H19N3O2/c1-14-10-11-22-19(21)18(14)20(24)23-16-7-5-6-15(12-16)13-25-17-8-3-2-4-9-17/h2-12H,13H2,1H3,(H2,21,22)(H,23,24). The van der Waals surface area contributed by atoms with Gasteiger partial charge in [-0.1, -0.05) is 30.3 Å². The second-order valence-corrected chi connectivity index (χ2v) is 5.64. The van der Waals surface area contributed by atoms with Crippen molar-refractivity contribution in [3.63, 3.8) is 0 Å². The lowest BCUT2D eigenvalue weighted by molar-refractivity contribution is 0.102. The van der Waals surface area contributed by atoms with E-state index in [4.69, 9.17) is 10.5 Å². The maximum absolute atomic E-state index is 12.5. The van der Waals surface area contributed by atoms with Gasteiger partial charge in [-0.3, -0.25) is 4.79 Å². The maximum Gasteiger partial charge on any atom is 0.259 e. The Bertz CT molecular complexity index is 859. The monoisotopic (exact) mass is 333 g/mol. The Morgan fingerprint density at radius 3 is 2.68 bits per heavy atom. The second-order valence-electron chi connectivity index (χ2n) is 5.64. The summed E-state index contributed by atoms with van der Waals surface area (Å²) >= 11 is 0. The summed E-state index contributed by atoms with van der Waals surface area (Å²) in [6.07, 6.45) is 1.59. The summed E-state index contributed by atoms with van der Waals surface area (Å²) < 4.78 is 5.73. The molecule has 0 bridgehead atoms. The Labute approximate surface area is 146 Å². The molecule has 3 aromatic rings. The van der Waals surface area contributed by atoms with Crippen LogP contribution in [0.5, 0.6) is 5.75 Å². The quantitative estimate of drug-likeness (QED) is 0.744. The van der Waals surface area contributed by atoms with Crippen LogP contribution in [0.2, 0.25) is 0 Å². The average molecular weight is 333 g/mol. The van der Waals surface area contributed by atoms with Crippen LogP contribution in [-0.2, 0) is 6.61 Å². The van der Waals surface area contributed by atoms with Crippen LogP contribution in [0.3, 0.4) is 0 Å². The number of nitrogens with zero attached hydrogens (tertiary/aromatic N) is 1. The van der Waals surface area contributed by atoms with Crippen molar-refractivity contribution in [3.05, 3.63) is 83.6 Å². The third kappa shape index (κ3) is 4.14. The Hall–Kier alpha value is -3.34. The number of hydrogen-bond donors (Lipinski definition) is 2. The minimum atomic E-state index is -0.274. The van der Waals surface area contributed by atoms with Gasteiger partial charge in [0.2, 0.25) is 0 Å². The maximum atomic E-state index is 12.5. The summed E-state index contributed by atoms with van der Waals surface area (Å²) in [5.41, 5.74) is 8.65. The fourth-order valence-corrected chi connectivity index (χ4v) is 2.49. The summed E-state index contributed by atoms with van der Waals surface area (Å²) in [6, 6.07) is 18.9. The molecule has 3 N–H and O–H groups in total. The Morgan fingerprint density at radius 2 is 1.92 bits per heavy atom. The van der Waals surface area contributed by atoms with Crippen molar-refractivity contribution in [1.29, 1.82) is 0 Å². The van der Waals surface area contributed by atoms with Crippen molar-refractivity contribution in [2.75, 3.05) is 11.1 Å². The van der Waals surface area contributed by atoms with Gasteiger partial charge in [0, 0.05) is 11.9 Å². The molecule has 1 amide bonds. The average Bonchev–Trinajstić information content (AvgIpc) is 2.61. The van der Waals surface area contributed by atoms with Gasteiger partial charge in [-0.05, 0) is 48.4 Å². The summed E-state index contributed by atoms with van der Waals surface area (Å²) in [5, 5.41) is 2.86. The molecule has 0 radical (unpaired) electrons. The molecule has 1 heterocycles. The lowest BCUT2D eigenvalue weighted by atomic mass is 10.1. The van der Waals surface area contributed by atoms with Crippen LogP contribution in [0.4, 0.5) is 11.5 Å². The normalized spacial score (nSPS) is 10.3. The first-order valence-electron chi connectivity index (χ1n) is 7.93. The van der Waals surface area contributed by atoms with Gasteiger partial charge in [0.15, 0.2) is 0 Å². The highest BCUT2D eigenvalue weighted by Gasteiger charge is 2.14. The Morgan fingerprint density at radius 1 is 1.12 bits per heavy atom. The number of amides is 1. The van der Waals surface area contributed by atoms with Gasteiger partial charge in [-0.15, -0.1) is 0 Å². The van der Waals surface area contributed by atoms with Crippen LogP contribution in [0.25, 0.3) is 0 Å². The first-order chi connectivity index (χ1) is 12.1. The highest BCUT2D eigenvalue weighted by atomic mass is 16.5. The highest BCUT2D eigenvalue weighted by Crippen LogP contribution is 2.18. The van der Waals surface area contributed by atoms with E-state index in [-0.39, 0.29) is 11.7 Å². The van der Waals surface area contributed by atoms with Crippen LogP contribution in [0.1, 0.15) is 21.5 Å². The van der Waals surface area contributed by atoms with Crippen molar-refractivity contribution >= 4 is 17.4 Å². The molecular weight excluding hydrogens is 314 g/mol. The summed E-state index contributed by atoms with van der Waals surface area (Å²) in [6.45, 7) is 2.25. The molecule has 0 unspecified atom stereocenters. The fraction of sp³-hybridized carbons (Fsp3) is 0.100. The van der Waals surface area contributed by atoms with Crippen molar-refractivity contribution in [2.24, 2.45) is 0 Å². The van der Waals surface area contributed by atoms with Gasteiger partial charge in [-0.25, -0.2) is 4.98 Å². The van der Waals surface area contributed by atoms with Crippen molar-refractivity contribution < 1.29 is 9.53 Å². The number of para-hydroxylation sites is 1. The molecule has 2 aromatic carbocycles. The van der Waals surface area contributed by atoms with Crippen molar-refractivity contribution in [1.82, 2.24) is 4.98 Å². The Kier molecular flexibility index (Phi) is 4.95.